The average Bonchev–Trinajstić information content (AvgIpc) is 2.34. The zero-order chi connectivity index (χ0) is 13.5. The Hall–Kier alpha value is -1.33. The molecule has 0 saturated carbocycles. The molecular weight excluding hydrogens is 228 g/mol. The van der Waals surface area contributed by atoms with Crippen LogP contribution in [0.2, 0.25) is 0 Å². The largest absolute Gasteiger partial charge is 0.492 e. The van der Waals surface area contributed by atoms with Crippen molar-refractivity contribution in [1.82, 2.24) is 9.88 Å². The van der Waals surface area contributed by atoms with Crippen LogP contribution in [0.1, 0.15) is 27.7 Å². The van der Waals surface area contributed by atoms with Crippen LogP contribution in [0.5, 0.6) is 5.75 Å². The van der Waals surface area contributed by atoms with Gasteiger partial charge in [0.1, 0.15) is 18.2 Å². The highest BCUT2D eigenvalue weighted by Gasteiger charge is 2.12. The molecule has 1 rings (SSSR count). The van der Waals surface area contributed by atoms with E-state index in [0.29, 0.717) is 24.5 Å². The second kappa shape index (κ2) is 7.18. The normalized spacial score (nSPS) is 11.3. The Morgan fingerprint density at radius 3 is 2.56 bits per heavy atom. The zero-order valence-electron chi connectivity index (χ0n) is 11.7. The topological polar surface area (TPSA) is 63.4 Å². The summed E-state index contributed by atoms with van der Waals surface area (Å²) in [5, 5.41) is 0. The fourth-order valence-corrected chi connectivity index (χ4v) is 1.96. The standard InChI is InChI=1S/C13H24N4O/c1-10(2)17(11(3)4)7-8-18-12-5-6-15-13(9-12)16-14/h5-6,9-11H,7-8,14H2,1-4H3,(H,15,16). The number of hydrogen-bond donors (Lipinski definition) is 2. The summed E-state index contributed by atoms with van der Waals surface area (Å²) < 4.78 is 5.70. The number of hydrazine groups is 1. The molecule has 1 aromatic rings. The molecule has 0 fully saturated rings. The van der Waals surface area contributed by atoms with E-state index in [2.05, 4.69) is 43.0 Å². The number of nitrogen functional groups attached to an aromatic ring is 1. The lowest BCUT2D eigenvalue weighted by molar-refractivity contribution is 0.142. The number of ether oxygens (including phenoxy) is 1. The van der Waals surface area contributed by atoms with Crippen LogP contribution < -0.4 is 16.0 Å². The first-order valence-electron chi connectivity index (χ1n) is 6.35. The average molecular weight is 252 g/mol. The van der Waals surface area contributed by atoms with Gasteiger partial charge in [0, 0.05) is 30.9 Å². The predicted octanol–water partition coefficient (Wildman–Crippen LogP) is 1.86. The fraction of sp³-hybridized carbons (Fsp3) is 0.615. The molecule has 0 saturated heterocycles. The second-order valence-corrected chi connectivity index (χ2v) is 4.79. The number of nitrogens with one attached hydrogen (secondary N) is 1. The van der Waals surface area contributed by atoms with E-state index in [0.717, 1.165) is 12.3 Å². The Balaban J connectivity index is 2.44. The van der Waals surface area contributed by atoms with Gasteiger partial charge in [-0.05, 0) is 33.8 Å². The lowest BCUT2D eigenvalue weighted by Crippen LogP contribution is -2.39. The molecule has 5 nitrogen and oxygen atoms in total. The summed E-state index contributed by atoms with van der Waals surface area (Å²) in [5.74, 6) is 6.69. The smallest absolute Gasteiger partial charge is 0.143 e. The van der Waals surface area contributed by atoms with Gasteiger partial charge in [0.05, 0.1) is 0 Å². The van der Waals surface area contributed by atoms with E-state index in [1.54, 1.807) is 12.3 Å². The highest BCUT2D eigenvalue weighted by Crippen LogP contribution is 2.14. The number of nitrogens with zero attached hydrogens (tertiary/aromatic N) is 2. The van der Waals surface area contributed by atoms with Crippen molar-refractivity contribution in [2.24, 2.45) is 5.84 Å². The summed E-state index contributed by atoms with van der Waals surface area (Å²) >= 11 is 0. The molecule has 0 spiro atoms. The first-order chi connectivity index (χ1) is 8.54. The van der Waals surface area contributed by atoms with Gasteiger partial charge in [-0.25, -0.2) is 10.8 Å². The van der Waals surface area contributed by atoms with Crippen LogP contribution in [0.4, 0.5) is 5.82 Å². The van der Waals surface area contributed by atoms with Gasteiger partial charge in [0.25, 0.3) is 0 Å². The van der Waals surface area contributed by atoms with Crippen LogP contribution >= 0.6 is 0 Å². The van der Waals surface area contributed by atoms with E-state index in [4.69, 9.17) is 10.6 Å². The lowest BCUT2D eigenvalue weighted by atomic mass is 10.2. The third kappa shape index (κ3) is 4.50. The highest BCUT2D eigenvalue weighted by molar-refractivity contribution is 5.39. The molecule has 0 aromatic carbocycles. The number of aromatic nitrogens is 1. The number of rotatable bonds is 7. The van der Waals surface area contributed by atoms with Gasteiger partial charge < -0.3 is 10.2 Å². The monoisotopic (exact) mass is 252 g/mol. The minimum atomic E-state index is 0.521. The Morgan fingerprint density at radius 1 is 1.33 bits per heavy atom. The van der Waals surface area contributed by atoms with Crippen LogP contribution in [0.25, 0.3) is 0 Å². The van der Waals surface area contributed by atoms with E-state index < -0.39 is 0 Å². The van der Waals surface area contributed by atoms with Crippen molar-refractivity contribution in [3.05, 3.63) is 18.3 Å². The van der Waals surface area contributed by atoms with Crippen molar-refractivity contribution in [3.63, 3.8) is 0 Å². The van der Waals surface area contributed by atoms with Gasteiger partial charge in [-0.2, -0.15) is 0 Å². The van der Waals surface area contributed by atoms with Gasteiger partial charge >= 0.3 is 0 Å². The Labute approximate surface area is 109 Å². The van der Waals surface area contributed by atoms with Gasteiger partial charge in [0.15, 0.2) is 0 Å². The zero-order valence-corrected chi connectivity index (χ0v) is 11.7. The minimum Gasteiger partial charge on any atom is -0.492 e. The molecule has 0 aliphatic carbocycles. The lowest BCUT2D eigenvalue weighted by Gasteiger charge is -2.30. The summed E-state index contributed by atoms with van der Waals surface area (Å²) in [6.07, 6.45) is 1.67. The molecule has 5 heteroatoms. The molecule has 0 aliphatic heterocycles. The summed E-state index contributed by atoms with van der Waals surface area (Å²) in [5.41, 5.74) is 2.50. The molecular formula is C13H24N4O. The van der Waals surface area contributed by atoms with Gasteiger partial charge in [0.2, 0.25) is 0 Å². The first kappa shape index (κ1) is 14.7. The number of nitrogens with two attached hydrogens (primary N) is 1. The van der Waals surface area contributed by atoms with Crippen molar-refractivity contribution >= 4 is 5.82 Å². The number of pyridine rings is 1. The molecule has 0 radical (unpaired) electrons. The summed E-state index contributed by atoms with van der Waals surface area (Å²) in [6.45, 7) is 10.4. The molecule has 1 heterocycles. The van der Waals surface area contributed by atoms with Gasteiger partial charge in [-0.3, -0.25) is 4.90 Å². The molecule has 0 amide bonds. The number of anilines is 1. The second-order valence-electron chi connectivity index (χ2n) is 4.79. The van der Waals surface area contributed by atoms with Crippen molar-refractivity contribution < 1.29 is 4.74 Å². The van der Waals surface area contributed by atoms with E-state index in [1.165, 1.54) is 0 Å². The van der Waals surface area contributed by atoms with Crippen molar-refractivity contribution in [2.75, 3.05) is 18.6 Å². The molecule has 3 N–H and O–H groups in total. The maximum atomic E-state index is 5.70. The van der Waals surface area contributed by atoms with Gasteiger partial charge in [-0.1, -0.05) is 0 Å². The SMILES string of the molecule is CC(C)N(CCOc1ccnc(NN)c1)C(C)C. The molecule has 102 valence electrons. The van der Waals surface area contributed by atoms with Crippen LogP contribution in [-0.2, 0) is 0 Å². The maximum Gasteiger partial charge on any atom is 0.143 e. The Bertz CT molecular complexity index is 347. The van der Waals surface area contributed by atoms with Crippen LogP contribution in [0, 0.1) is 0 Å². The molecule has 0 atom stereocenters. The van der Waals surface area contributed by atoms with Crippen LogP contribution in [0.15, 0.2) is 18.3 Å². The fourth-order valence-electron chi connectivity index (χ4n) is 1.96. The van der Waals surface area contributed by atoms with Crippen LogP contribution in [-0.4, -0.2) is 35.1 Å². The van der Waals surface area contributed by atoms with Crippen molar-refractivity contribution in [3.8, 4) is 5.75 Å². The molecule has 0 bridgehead atoms. The molecule has 0 aliphatic rings. The molecule has 18 heavy (non-hydrogen) atoms. The van der Waals surface area contributed by atoms with E-state index >= 15 is 0 Å². The van der Waals surface area contributed by atoms with Crippen molar-refractivity contribution in [2.45, 2.75) is 39.8 Å². The predicted molar refractivity (Wildman–Crippen MR) is 74.5 cm³/mol. The molecule has 1 aromatic heterocycles. The molecule has 0 unspecified atom stereocenters. The maximum absolute atomic E-state index is 5.70. The third-order valence-electron chi connectivity index (χ3n) is 2.82. The van der Waals surface area contributed by atoms with E-state index in [9.17, 15) is 0 Å². The minimum absolute atomic E-state index is 0.521. The quantitative estimate of drug-likeness (QED) is 0.573. The summed E-state index contributed by atoms with van der Waals surface area (Å²) in [4.78, 5) is 6.42. The van der Waals surface area contributed by atoms with Gasteiger partial charge in [-0.15, -0.1) is 0 Å². The Kier molecular flexibility index (Phi) is 5.88. The van der Waals surface area contributed by atoms with E-state index in [1.807, 2.05) is 6.07 Å². The van der Waals surface area contributed by atoms with Crippen LogP contribution in [0.3, 0.4) is 0 Å². The van der Waals surface area contributed by atoms with Crippen molar-refractivity contribution in [1.29, 1.82) is 0 Å². The highest BCUT2D eigenvalue weighted by atomic mass is 16.5. The summed E-state index contributed by atoms with van der Waals surface area (Å²) in [6, 6.07) is 4.66. The first-order valence-corrected chi connectivity index (χ1v) is 6.35. The number of hydrogen-bond acceptors (Lipinski definition) is 5. The third-order valence-corrected chi connectivity index (χ3v) is 2.82. The Morgan fingerprint density at radius 2 is 2.00 bits per heavy atom. The summed E-state index contributed by atoms with van der Waals surface area (Å²) in [7, 11) is 0. The van der Waals surface area contributed by atoms with E-state index in [-0.39, 0.29) is 0 Å².